The van der Waals surface area contributed by atoms with Crippen LogP contribution in [0.4, 0.5) is 0 Å². The van der Waals surface area contributed by atoms with Gasteiger partial charge in [-0.15, -0.1) is 0 Å². The second-order valence-electron chi connectivity index (χ2n) is 1.17. The third kappa shape index (κ3) is 1.30. The molecule has 0 unspecified atom stereocenters. The summed E-state index contributed by atoms with van der Waals surface area (Å²) in [6, 6.07) is 0. The summed E-state index contributed by atoms with van der Waals surface area (Å²) in [6.45, 7) is 0. The van der Waals surface area contributed by atoms with E-state index in [1.165, 1.54) is 0 Å². The van der Waals surface area contributed by atoms with Crippen LogP contribution in [0.25, 0.3) is 0 Å². The molecule has 0 N–H and O–H groups in total. The van der Waals surface area contributed by atoms with Gasteiger partial charge in [-0.3, -0.25) is 0 Å². The van der Waals surface area contributed by atoms with Crippen molar-refractivity contribution in [3.63, 3.8) is 0 Å². The van der Waals surface area contributed by atoms with Crippen LogP contribution in [0.1, 0.15) is 0 Å². The van der Waals surface area contributed by atoms with Crippen molar-refractivity contribution in [2.75, 3.05) is 0 Å². The molecule has 0 spiro atoms. The average Bonchev–Trinajstić information content (AvgIpc) is 1.77. The standard InChI is InChI=1S/C4H4N2Se2/c7-3-4(8)6-2-1-5-3/h1-2H,(H,5,7)(H,6,8)/p-2. The van der Waals surface area contributed by atoms with Gasteiger partial charge in [0.1, 0.15) is 0 Å². The van der Waals surface area contributed by atoms with Crippen LogP contribution in [0, 0.1) is 0 Å². The third-order valence-corrected chi connectivity index (χ3v) is 2.54. The molecule has 0 bridgehead atoms. The van der Waals surface area contributed by atoms with Gasteiger partial charge in [-0.25, -0.2) is 0 Å². The number of rotatable bonds is 0. The molecule has 1 aromatic rings. The van der Waals surface area contributed by atoms with Crippen LogP contribution in [-0.2, 0) is 0 Å². The van der Waals surface area contributed by atoms with Crippen molar-refractivity contribution >= 4 is 41.2 Å². The molecule has 0 aliphatic carbocycles. The average molecular weight is 236 g/mol. The van der Waals surface area contributed by atoms with E-state index in [1.54, 1.807) is 12.4 Å². The van der Waals surface area contributed by atoms with E-state index in [0.717, 1.165) is 9.18 Å². The summed E-state index contributed by atoms with van der Waals surface area (Å²) in [7, 11) is 0. The van der Waals surface area contributed by atoms with E-state index < -0.39 is 0 Å². The summed E-state index contributed by atoms with van der Waals surface area (Å²) in [5.74, 6) is 0. The van der Waals surface area contributed by atoms with Crippen molar-refractivity contribution in [3.05, 3.63) is 12.4 Å². The predicted molar refractivity (Wildman–Crippen MR) is 32.8 cm³/mol. The molecule has 0 fully saturated rings. The summed E-state index contributed by atoms with van der Waals surface area (Å²) in [5, 5.41) is 0. The van der Waals surface area contributed by atoms with Crippen LogP contribution >= 0.6 is 0 Å². The molecule has 0 aromatic carbocycles. The minimum atomic E-state index is 0.826. The quantitative estimate of drug-likeness (QED) is 0.490. The topological polar surface area (TPSA) is 25.8 Å². The van der Waals surface area contributed by atoms with Gasteiger partial charge in [0.05, 0.1) is 0 Å². The first kappa shape index (κ1) is 6.24. The van der Waals surface area contributed by atoms with Gasteiger partial charge in [-0.05, 0) is 0 Å². The molecule has 0 aliphatic rings. The number of aromatic nitrogens is 2. The number of hydrogen-bond donors (Lipinski definition) is 0. The van der Waals surface area contributed by atoms with E-state index in [0.29, 0.717) is 0 Å². The van der Waals surface area contributed by atoms with E-state index in [1.807, 2.05) is 0 Å². The van der Waals surface area contributed by atoms with Crippen molar-refractivity contribution < 1.29 is 0 Å². The van der Waals surface area contributed by atoms with Gasteiger partial charge in [-0.1, -0.05) is 0 Å². The summed E-state index contributed by atoms with van der Waals surface area (Å²) in [5.41, 5.74) is 0. The van der Waals surface area contributed by atoms with Gasteiger partial charge in [-0.2, -0.15) is 0 Å². The maximum atomic E-state index is 3.93. The van der Waals surface area contributed by atoms with E-state index in [9.17, 15) is 0 Å². The molecule has 0 atom stereocenters. The Morgan fingerprint density at radius 2 is 1.38 bits per heavy atom. The molecule has 0 saturated carbocycles. The van der Waals surface area contributed by atoms with Crippen molar-refractivity contribution in [2.45, 2.75) is 0 Å². The molecule has 8 heavy (non-hydrogen) atoms. The fourth-order valence-electron chi connectivity index (χ4n) is 0.312. The van der Waals surface area contributed by atoms with Crippen molar-refractivity contribution in [1.82, 2.24) is 9.97 Å². The van der Waals surface area contributed by atoms with Crippen molar-refractivity contribution in [2.24, 2.45) is 0 Å². The number of hydrogen-bond acceptors (Lipinski definition) is 2. The first-order chi connectivity index (χ1) is 3.80. The first-order valence-electron chi connectivity index (χ1n) is 1.96. The second-order valence-corrected chi connectivity index (χ2v) is 2.79. The summed E-state index contributed by atoms with van der Waals surface area (Å²) in [6.07, 6.45) is 3.29. The molecule has 4 heteroatoms. The van der Waals surface area contributed by atoms with Crippen LogP contribution < -0.4 is 9.18 Å². The molecular weight excluding hydrogens is 234 g/mol. The SMILES string of the molecule is [Se-]c1nccnc1[Se-]. The first-order valence-corrected chi connectivity index (χ1v) is 3.67. The Labute approximate surface area is 63.7 Å². The zero-order valence-corrected chi connectivity index (χ0v) is 7.29. The summed E-state index contributed by atoms with van der Waals surface area (Å²) < 4.78 is 1.65. The Morgan fingerprint density at radius 1 is 1.00 bits per heavy atom. The van der Waals surface area contributed by atoms with Crippen LogP contribution in [-0.4, -0.2) is 42.0 Å². The minimum absolute atomic E-state index is 0.826. The van der Waals surface area contributed by atoms with Crippen molar-refractivity contribution in [1.29, 1.82) is 0 Å². The van der Waals surface area contributed by atoms with Gasteiger partial charge in [0.25, 0.3) is 0 Å². The maximum absolute atomic E-state index is 3.93. The normalized spacial score (nSPS) is 9.00. The molecule has 1 rings (SSSR count). The van der Waals surface area contributed by atoms with Crippen LogP contribution in [0.3, 0.4) is 0 Å². The van der Waals surface area contributed by atoms with Crippen molar-refractivity contribution in [3.8, 4) is 0 Å². The van der Waals surface area contributed by atoms with Crippen LogP contribution in [0.15, 0.2) is 12.4 Å². The molecule has 42 valence electrons. The summed E-state index contributed by atoms with van der Waals surface area (Å²) >= 11 is 5.53. The molecule has 2 nitrogen and oxygen atoms in total. The van der Waals surface area contributed by atoms with Gasteiger partial charge >= 0.3 is 63.6 Å². The van der Waals surface area contributed by atoms with Gasteiger partial charge in [0.2, 0.25) is 0 Å². The van der Waals surface area contributed by atoms with E-state index in [-0.39, 0.29) is 0 Å². The van der Waals surface area contributed by atoms with E-state index in [2.05, 4.69) is 42.0 Å². The Balaban J connectivity index is 3.13. The zero-order chi connectivity index (χ0) is 5.98. The van der Waals surface area contributed by atoms with Crippen LogP contribution in [0.5, 0.6) is 0 Å². The monoisotopic (exact) mass is 238 g/mol. The van der Waals surface area contributed by atoms with Gasteiger partial charge in [0.15, 0.2) is 0 Å². The number of nitrogens with zero attached hydrogens (tertiary/aromatic N) is 2. The molecule has 1 heterocycles. The zero-order valence-electron chi connectivity index (χ0n) is 3.87. The Bertz CT molecular complexity index is 168. The predicted octanol–water partition coefficient (Wildman–Crippen LogP) is -1.94. The van der Waals surface area contributed by atoms with Gasteiger partial charge < -0.3 is 0 Å². The fraction of sp³-hybridized carbons (Fsp3) is 0. The third-order valence-electron chi connectivity index (χ3n) is 0.633. The molecule has 0 saturated heterocycles. The summed E-state index contributed by atoms with van der Waals surface area (Å²) in [4.78, 5) is 7.86. The molecule has 0 radical (unpaired) electrons. The fourth-order valence-corrected chi connectivity index (χ4v) is 0.789. The second kappa shape index (κ2) is 2.60. The van der Waals surface area contributed by atoms with E-state index >= 15 is 0 Å². The Hall–Kier alpha value is 0.119. The molecular formula is C4H2N2Se2-2. The molecule has 0 aliphatic heterocycles. The van der Waals surface area contributed by atoms with Crippen LogP contribution in [0.2, 0.25) is 0 Å². The Morgan fingerprint density at radius 3 is 1.62 bits per heavy atom. The molecule has 0 amide bonds. The van der Waals surface area contributed by atoms with Gasteiger partial charge in [0, 0.05) is 0 Å². The van der Waals surface area contributed by atoms with E-state index in [4.69, 9.17) is 0 Å². The Kier molecular flexibility index (Phi) is 2.03. The molecule has 1 aromatic heterocycles.